The molecule has 0 saturated heterocycles. The SMILES string of the molecule is COCc1cccc(C(O)c2cnccn2)c1. The molecule has 0 aliphatic heterocycles. The summed E-state index contributed by atoms with van der Waals surface area (Å²) < 4.78 is 5.06. The van der Waals surface area contributed by atoms with Crippen LogP contribution >= 0.6 is 0 Å². The predicted octanol–water partition coefficient (Wildman–Crippen LogP) is 1.70. The standard InChI is InChI=1S/C13H14N2O2/c1-17-9-10-3-2-4-11(7-10)13(16)12-8-14-5-6-15-12/h2-8,13,16H,9H2,1H3. The fraction of sp³-hybridized carbons (Fsp3) is 0.231. The highest BCUT2D eigenvalue weighted by Crippen LogP contribution is 2.20. The highest BCUT2D eigenvalue weighted by molar-refractivity contribution is 5.28. The topological polar surface area (TPSA) is 55.2 Å². The normalized spacial score (nSPS) is 12.4. The van der Waals surface area contributed by atoms with E-state index in [9.17, 15) is 5.11 Å². The van der Waals surface area contributed by atoms with Crippen LogP contribution in [0.1, 0.15) is 22.9 Å². The molecule has 88 valence electrons. The molecule has 0 saturated carbocycles. The van der Waals surface area contributed by atoms with Gasteiger partial charge in [-0.25, -0.2) is 0 Å². The molecule has 0 aliphatic rings. The van der Waals surface area contributed by atoms with Gasteiger partial charge in [0.05, 0.1) is 18.5 Å². The largest absolute Gasteiger partial charge is 0.382 e. The van der Waals surface area contributed by atoms with Gasteiger partial charge in [0.25, 0.3) is 0 Å². The van der Waals surface area contributed by atoms with Gasteiger partial charge in [0.1, 0.15) is 6.10 Å². The molecule has 1 unspecified atom stereocenters. The summed E-state index contributed by atoms with van der Waals surface area (Å²) in [4.78, 5) is 8.03. The van der Waals surface area contributed by atoms with Crippen molar-refractivity contribution in [2.45, 2.75) is 12.7 Å². The molecule has 17 heavy (non-hydrogen) atoms. The monoisotopic (exact) mass is 230 g/mol. The minimum absolute atomic E-state index is 0.529. The summed E-state index contributed by atoms with van der Waals surface area (Å²) in [5, 5.41) is 10.1. The van der Waals surface area contributed by atoms with Crippen LogP contribution in [0.5, 0.6) is 0 Å². The first-order valence-electron chi connectivity index (χ1n) is 5.33. The Labute approximate surface area is 99.9 Å². The van der Waals surface area contributed by atoms with Crippen molar-refractivity contribution in [1.29, 1.82) is 0 Å². The summed E-state index contributed by atoms with van der Waals surface area (Å²) in [6, 6.07) is 7.61. The highest BCUT2D eigenvalue weighted by Gasteiger charge is 2.11. The third-order valence-corrected chi connectivity index (χ3v) is 2.44. The molecular formula is C13H14N2O2. The summed E-state index contributed by atoms with van der Waals surface area (Å²) in [5.41, 5.74) is 2.36. The Morgan fingerprint density at radius 1 is 1.35 bits per heavy atom. The first kappa shape index (κ1) is 11.7. The van der Waals surface area contributed by atoms with Gasteiger partial charge >= 0.3 is 0 Å². The van der Waals surface area contributed by atoms with Gasteiger partial charge in [-0.15, -0.1) is 0 Å². The van der Waals surface area contributed by atoms with Crippen LogP contribution < -0.4 is 0 Å². The number of nitrogens with zero attached hydrogens (tertiary/aromatic N) is 2. The van der Waals surface area contributed by atoms with Crippen molar-refractivity contribution in [3.8, 4) is 0 Å². The Balaban J connectivity index is 2.25. The Morgan fingerprint density at radius 3 is 2.94 bits per heavy atom. The lowest BCUT2D eigenvalue weighted by molar-refractivity contribution is 0.184. The number of hydrogen-bond acceptors (Lipinski definition) is 4. The van der Waals surface area contributed by atoms with Crippen LogP contribution in [-0.2, 0) is 11.3 Å². The van der Waals surface area contributed by atoms with Gasteiger partial charge in [0.15, 0.2) is 0 Å². The van der Waals surface area contributed by atoms with E-state index >= 15 is 0 Å². The van der Waals surface area contributed by atoms with Crippen molar-refractivity contribution >= 4 is 0 Å². The maximum absolute atomic E-state index is 10.1. The first-order valence-corrected chi connectivity index (χ1v) is 5.33. The van der Waals surface area contributed by atoms with Gasteiger partial charge in [-0.1, -0.05) is 24.3 Å². The Morgan fingerprint density at radius 2 is 2.24 bits per heavy atom. The fourth-order valence-electron chi connectivity index (χ4n) is 1.64. The molecule has 0 fully saturated rings. The van der Waals surface area contributed by atoms with Crippen molar-refractivity contribution < 1.29 is 9.84 Å². The molecule has 1 aromatic carbocycles. The maximum atomic E-state index is 10.1. The van der Waals surface area contributed by atoms with Gasteiger partial charge < -0.3 is 9.84 Å². The van der Waals surface area contributed by atoms with E-state index in [1.807, 2.05) is 24.3 Å². The van der Waals surface area contributed by atoms with Crippen molar-refractivity contribution in [3.05, 3.63) is 59.7 Å². The van der Waals surface area contributed by atoms with Crippen LogP contribution in [0.25, 0.3) is 0 Å². The van der Waals surface area contributed by atoms with E-state index in [0.717, 1.165) is 11.1 Å². The van der Waals surface area contributed by atoms with Crippen LogP contribution in [0.2, 0.25) is 0 Å². The number of benzene rings is 1. The lowest BCUT2D eigenvalue weighted by Gasteiger charge is -2.11. The quantitative estimate of drug-likeness (QED) is 0.868. The molecule has 1 heterocycles. The van der Waals surface area contributed by atoms with E-state index in [1.54, 1.807) is 25.7 Å². The number of aromatic nitrogens is 2. The molecular weight excluding hydrogens is 216 g/mol. The van der Waals surface area contributed by atoms with Crippen LogP contribution in [0.3, 0.4) is 0 Å². The highest BCUT2D eigenvalue weighted by atomic mass is 16.5. The van der Waals surface area contributed by atoms with Gasteiger partial charge in [-0.2, -0.15) is 0 Å². The number of ether oxygens (including phenoxy) is 1. The second-order valence-corrected chi connectivity index (χ2v) is 3.71. The van der Waals surface area contributed by atoms with Gasteiger partial charge in [0.2, 0.25) is 0 Å². The van der Waals surface area contributed by atoms with E-state index in [-0.39, 0.29) is 0 Å². The number of rotatable bonds is 4. The van der Waals surface area contributed by atoms with Crippen LogP contribution in [0, 0.1) is 0 Å². The summed E-state index contributed by atoms with van der Waals surface area (Å²) in [6.07, 6.45) is 3.96. The second kappa shape index (κ2) is 5.52. The third-order valence-electron chi connectivity index (χ3n) is 2.44. The Hall–Kier alpha value is -1.78. The first-order chi connectivity index (χ1) is 8.31. The molecule has 0 radical (unpaired) electrons. The van der Waals surface area contributed by atoms with E-state index in [4.69, 9.17) is 4.74 Å². The predicted molar refractivity (Wildman–Crippen MR) is 63.2 cm³/mol. The molecule has 0 bridgehead atoms. The van der Waals surface area contributed by atoms with E-state index < -0.39 is 6.10 Å². The summed E-state index contributed by atoms with van der Waals surface area (Å²) in [5.74, 6) is 0. The molecule has 2 rings (SSSR count). The van der Waals surface area contributed by atoms with E-state index in [1.165, 1.54) is 0 Å². The molecule has 0 amide bonds. The summed E-state index contributed by atoms with van der Waals surface area (Å²) >= 11 is 0. The lowest BCUT2D eigenvalue weighted by atomic mass is 10.0. The zero-order valence-electron chi connectivity index (χ0n) is 9.58. The molecule has 0 spiro atoms. The molecule has 0 aliphatic carbocycles. The number of hydrogen-bond donors (Lipinski definition) is 1. The molecule has 1 aromatic heterocycles. The molecule has 4 heteroatoms. The van der Waals surface area contributed by atoms with Gasteiger partial charge in [0, 0.05) is 19.5 Å². The third kappa shape index (κ3) is 2.87. The van der Waals surface area contributed by atoms with Crippen LogP contribution in [0.15, 0.2) is 42.9 Å². The molecule has 1 atom stereocenters. The lowest BCUT2D eigenvalue weighted by Crippen LogP contribution is -2.03. The fourth-order valence-corrected chi connectivity index (χ4v) is 1.64. The molecule has 4 nitrogen and oxygen atoms in total. The molecule has 1 N–H and O–H groups in total. The Bertz CT molecular complexity index is 474. The van der Waals surface area contributed by atoms with Crippen molar-refractivity contribution in [1.82, 2.24) is 9.97 Å². The van der Waals surface area contributed by atoms with Gasteiger partial charge in [-0.3, -0.25) is 9.97 Å². The van der Waals surface area contributed by atoms with Crippen LogP contribution in [-0.4, -0.2) is 22.2 Å². The van der Waals surface area contributed by atoms with Gasteiger partial charge in [-0.05, 0) is 11.1 Å². The zero-order valence-corrected chi connectivity index (χ0v) is 9.58. The summed E-state index contributed by atoms with van der Waals surface area (Å²) in [6.45, 7) is 0.529. The van der Waals surface area contributed by atoms with E-state index in [0.29, 0.717) is 12.3 Å². The average molecular weight is 230 g/mol. The number of aliphatic hydroxyl groups excluding tert-OH is 1. The smallest absolute Gasteiger partial charge is 0.123 e. The Kier molecular flexibility index (Phi) is 3.80. The van der Waals surface area contributed by atoms with Crippen molar-refractivity contribution in [3.63, 3.8) is 0 Å². The van der Waals surface area contributed by atoms with E-state index in [2.05, 4.69) is 9.97 Å². The maximum Gasteiger partial charge on any atom is 0.123 e. The zero-order chi connectivity index (χ0) is 12.1. The van der Waals surface area contributed by atoms with Crippen LogP contribution in [0.4, 0.5) is 0 Å². The average Bonchev–Trinajstić information content (AvgIpc) is 2.40. The summed E-state index contributed by atoms with van der Waals surface area (Å²) in [7, 11) is 1.64. The minimum Gasteiger partial charge on any atom is -0.382 e. The molecule has 2 aromatic rings. The number of aliphatic hydroxyl groups is 1. The second-order valence-electron chi connectivity index (χ2n) is 3.71. The van der Waals surface area contributed by atoms with Crippen molar-refractivity contribution in [2.24, 2.45) is 0 Å². The number of methoxy groups -OCH3 is 1. The van der Waals surface area contributed by atoms with Crippen molar-refractivity contribution in [2.75, 3.05) is 7.11 Å². The minimum atomic E-state index is -0.750.